The molecule has 5 saturated carbocycles. The fourth-order valence-electron chi connectivity index (χ4n) is 23.3. The number of hydrogen-bond donors (Lipinski definition) is 5. The van der Waals surface area contributed by atoms with Gasteiger partial charge in [-0.1, -0.05) is 95.3 Å². The number of rotatable bonds is 27. The Kier molecular flexibility index (Phi) is 39.1. The summed E-state index contributed by atoms with van der Waals surface area (Å²) in [6, 6.07) is 37.8. The number of alkyl halides is 6. The summed E-state index contributed by atoms with van der Waals surface area (Å²) in [6.07, 6.45) is 3.56. The molecule has 5 saturated heterocycles. The number of benzene rings is 6. The second kappa shape index (κ2) is 50.1. The fourth-order valence-corrected chi connectivity index (χ4v) is 23.3. The molecule has 0 bridgehead atoms. The molecule has 2 unspecified atom stereocenters. The SMILES string of the molecule is COC(=O)N1C[C@@H](c2ccc(OC)c(OC3CCCC3)c2)[C@](C)(C(O)C(F)(F)F)C1.COC(=O)N1C[C@@H](c2ccc(OC)c(OC3CCCC3)c2)[C@](C)(C(O)C(F)(F)F)C1.COC(=O)N1C[C@@H](c2ccc(OC)c(OC3CCCC3)c2)[C@](C)([C@H](O)Cc2ccccc2)C1.COC(=O)N1C[C@H](c2ccc(OC)c(OC3CCCC3)c2)[C@@](C)([C@@H](C)O)C1.COC(=O)N1C[C@H](c2ccc(OC)c(OC3CCCC3)c2)[C@@](C)([C@H](C)O)C1. The Morgan fingerprint density at radius 3 is 0.694 bits per heavy atom. The third-order valence-corrected chi connectivity index (χ3v) is 32.6. The first-order valence-electron chi connectivity index (χ1n) is 51.4. The zero-order valence-corrected chi connectivity index (χ0v) is 88.0. The topological polar surface area (TPSA) is 341 Å². The van der Waals surface area contributed by atoms with Crippen LogP contribution in [0.25, 0.3) is 0 Å². The van der Waals surface area contributed by atoms with Gasteiger partial charge in [-0.05, 0) is 243 Å². The molecule has 5 aliphatic heterocycles. The largest absolute Gasteiger partial charge is 0.493 e. The Morgan fingerprint density at radius 2 is 0.497 bits per heavy atom. The van der Waals surface area contributed by atoms with E-state index >= 15 is 0 Å². The predicted molar refractivity (Wildman–Crippen MR) is 537 cm³/mol. The number of methoxy groups -OCH3 is 10. The Morgan fingerprint density at radius 1 is 0.299 bits per heavy atom. The minimum atomic E-state index is -4.82. The third-order valence-electron chi connectivity index (χ3n) is 32.6. The summed E-state index contributed by atoms with van der Waals surface area (Å²) in [7, 11) is 14.5. The van der Waals surface area contributed by atoms with Crippen molar-refractivity contribution in [3.63, 3.8) is 0 Å². The molecule has 0 radical (unpaired) electrons. The molecule has 15 atom stereocenters. The van der Waals surface area contributed by atoms with Crippen molar-refractivity contribution in [2.24, 2.45) is 27.1 Å². The molecule has 814 valence electrons. The van der Waals surface area contributed by atoms with Crippen molar-refractivity contribution < 1.29 is 147 Å². The summed E-state index contributed by atoms with van der Waals surface area (Å²) >= 11 is 0. The zero-order chi connectivity index (χ0) is 107. The highest BCUT2D eigenvalue weighted by molar-refractivity contribution is 5.71. The normalized spacial score (nSPS) is 25.9. The van der Waals surface area contributed by atoms with Crippen molar-refractivity contribution in [3.8, 4) is 57.5 Å². The van der Waals surface area contributed by atoms with E-state index < -0.39 is 94.0 Å². The van der Waals surface area contributed by atoms with Gasteiger partial charge in [0, 0.05) is 122 Å². The highest BCUT2D eigenvalue weighted by atomic mass is 19.4. The van der Waals surface area contributed by atoms with Crippen molar-refractivity contribution in [1.29, 1.82) is 0 Å². The van der Waals surface area contributed by atoms with Crippen LogP contribution in [0.3, 0.4) is 0 Å². The van der Waals surface area contributed by atoms with Crippen molar-refractivity contribution in [1.82, 2.24) is 24.5 Å². The molecule has 6 aromatic rings. The average Bonchev–Trinajstić information content (AvgIpc) is 1.59. The van der Waals surface area contributed by atoms with Gasteiger partial charge in [0.15, 0.2) is 69.7 Å². The molecular weight excluding hydrogens is 1920 g/mol. The Balaban J connectivity index is 0.000000164. The lowest BCUT2D eigenvalue weighted by atomic mass is 9.70. The molecule has 30 nitrogen and oxygen atoms in total. The van der Waals surface area contributed by atoms with Crippen LogP contribution in [0.4, 0.5) is 50.3 Å². The van der Waals surface area contributed by atoms with E-state index in [9.17, 15) is 75.8 Å². The van der Waals surface area contributed by atoms with Gasteiger partial charge in [-0.25, -0.2) is 24.0 Å². The van der Waals surface area contributed by atoms with Crippen LogP contribution in [-0.4, -0.2) is 290 Å². The first-order valence-corrected chi connectivity index (χ1v) is 51.4. The number of carbonyl (C=O) groups excluding carboxylic acids is 5. The van der Waals surface area contributed by atoms with Gasteiger partial charge in [0.1, 0.15) is 0 Å². The molecule has 5 amide bonds. The van der Waals surface area contributed by atoms with Gasteiger partial charge in [0.05, 0.1) is 120 Å². The summed E-state index contributed by atoms with van der Waals surface area (Å²) in [5.41, 5.74) is 0.493. The first kappa shape index (κ1) is 115. The molecule has 16 rings (SSSR count). The lowest BCUT2D eigenvalue weighted by molar-refractivity contribution is -0.237. The molecule has 0 spiro atoms. The number of aliphatic hydroxyl groups is 5. The Labute approximate surface area is 859 Å². The lowest BCUT2D eigenvalue weighted by Gasteiger charge is -2.36. The number of carbonyl (C=O) groups is 5. The van der Waals surface area contributed by atoms with Crippen molar-refractivity contribution in [2.45, 2.75) is 286 Å². The lowest BCUT2D eigenvalue weighted by Crippen LogP contribution is -2.48. The van der Waals surface area contributed by atoms with Gasteiger partial charge in [-0.2, -0.15) is 26.3 Å². The molecule has 10 aliphatic rings. The van der Waals surface area contributed by atoms with Gasteiger partial charge >= 0.3 is 42.8 Å². The smallest absolute Gasteiger partial charge is 0.414 e. The van der Waals surface area contributed by atoms with Gasteiger partial charge < -0.3 is 121 Å². The summed E-state index contributed by atoms with van der Waals surface area (Å²) in [5.74, 6) is 4.60. The Hall–Kier alpha value is -11.0. The minimum absolute atomic E-state index is 0.00842. The van der Waals surface area contributed by atoms with Crippen LogP contribution in [-0.2, 0) is 30.1 Å². The maximum Gasteiger partial charge on any atom is 0.414 e. The van der Waals surface area contributed by atoms with Crippen molar-refractivity contribution in [2.75, 3.05) is 137 Å². The summed E-state index contributed by atoms with van der Waals surface area (Å²) in [4.78, 5) is 68.1. The standard InChI is InChI=1S/C27H35NO5.2C21H28F3NO5.2C21H31NO5/c1-27(25(29)15-19-9-5-4-6-10-19)18-28(26(30)32-3)17-22(27)20-13-14-23(31-2)24(16-20)33-21-11-7-8-12-21;2*1-20(18(26)21(22,23)24)12-25(19(27)29-3)11-15(20)13-8-9-16(28-2)17(10-13)30-14-6-4-5-7-14;2*1-14(23)21(2)13-22(20(24)26-4)12-17(21)15-9-10-18(25-3)19(11-15)27-16-7-5-6-8-16/h4-6,9-10,13-14,16,21-22,25,29H,7-8,11-12,15,17-18H2,1-3H3;2*8-10,14-15,18,26H,4-7,11-12H2,1-3H3;2*9-11,14,16-17,23H,5-8,12-13H2,1-4H3/t22-,25+,27+;2*15-,18?,20+;14-,17+,21+;14-,17-,21-/m00001/s1. The van der Waals surface area contributed by atoms with Crippen LogP contribution in [0.15, 0.2) is 121 Å². The van der Waals surface area contributed by atoms with Gasteiger partial charge in [-0.15, -0.1) is 0 Å². The number of aliphatic hydroxyl groups excluding tert-OH is 5. The average molecular weight is 2070 g/mol. The first-order chi connectivity index (χ1) is 69.9. The van der Waals surface area contributed by atoms with Crippen LogP contribution in [0.1, 0.15) is 240 Å². The maximum atomic E-state index is 13.5. The van der Waals surface area contributed by atoms with E-state index in [0.717, 1.165) is 129 Å². The number of hydrogen-bond acceptors (Lipinski definition) is 25. The van der Waals surface area contributed by atoms with Crippen molar-refractivity contribution >= 4 is 30.5 Å². The van der Waals surface area contributed by atoms with E-state index in [-0.39, 0.29) is 92.7 Å². The second-order valence-electron chi connectivity index (χ2n) is 42.2. The molecule has 10 fully saturated rings. The fraction of sp³-hybridized carbons (Fsp3) is 0.631. The van der Waals surface area contributed by atoms with E-state index in [1.165, 1.54) is 112 Å². The molecule has 5 N–H and O–H groups in total. The van der Waals surface area contributed by atoms with Gasteiger partial charge in [0.2, 0.25) is 0 Å². The van der Waals surface area contributed by atoms with Gasteiger partial charge in [0.25, 0.3) is 0 Å². The summed E-state index contributed by atoms with van der Waals surface area (Å²) < 4.78 is 163. The van der Waals surface area contributed by atoms with Crippen LogP contribution in [0.2, 0.25) is 0 Å². The molecule has 6 aromatic carbocycles. The van der Waals surface area contributed by atoms with E-state index in [1.54, 1.807) is 86.3 Å². The molecule has 0 aromatic heterocycles. The highest BCUT2D eigenvalue weighted by Crippen LogP contribution is 2.56. The van der Waals surface area contributed by atoms with Crippen LogP contribution < -0.4 is 47.4 Å². The van der Waals surface area contributed by atoms with E-state index in [2.05, 4.69) is 6.92 Å². The highest BCUT2D eigenvalue weighted by Gasteiger charge is 2.62. The number of likely N-dealkylation sites (tertiary alicyclic amines) is 5. The number of ether oxygens (including phenoxy) is 15. The van der Waals surface area contributed by atoms with E-state index in [0.29, 0.717) is 97.1 Å². The second-order valence-corrected chi connectivity index (χ2v) is 42.2. The molecule has 5 aliphatic carbocycles. The number of nitrogens with zero attached hydrogens (tertiary/aromatic N) is 5. The number of amides is 5. The molecule has 5 heterocycles. The Bertz CT molecular complexity index is 5060. The zero-order valence-electron chi connectivity index (χ0n) is 88.0. The van der Waals surface area contributed by atoms with Crippen molar-refractivity contribution in [3.05, 3.63) is 155 Å². The van der Waals surface area contributed by atoms with E-state index in [4.69, 9.17) is 71.1 Å². The predicted octanol–water partition coefficient (Wildman–Crippen LogP) is 20.2. The van der Waals surface area contributed by atoms with Crippen LogP contribution in [0, 0.1) is 27.1 Å². The minimum Gasteiger partial charge on any atom is -0.493 e. The summed E-state index contributed by atoms with van der Waals surface area (Å²) in [6.45, 7) is 14.6. The monoisotopic (exact) mass is 2070 g/mol. The molecule has 36 heteroatoms. The van der Waals surface area contributed by atoms with Crippen LogP contribution in [0.5, 0.6) is 57.5 Å². The summed E-state index contributed by atoms with van der Waals surface area (Å²) in [5, 5.41) is 52.8. The van der Waals surface area contributed by atoms with Crippen LogP contribution >= 0.6 is 0 Å². The number of halogens is 6. The van der Waals surface area contributed by atoms with Gasteiger partial charge in [-0.3, -0.25) is 0 Å². The molecular formula is C111H153F6N5O25. The van der Waals surface area contributed by atoms with E-state index in [1.807, 2.05) is 98.8 Å². The molecule has 147 heavy (non-hydrogen) atoms. The maximum absolute atomic E-state index is 13.5. The third kappa shape index (κ3) is 26.9. The quantitative estimate of drug-likeness (QED) is 0.0236.